The van der Waals surface area contributed by atoms with E-state index in [1.807, 2.05) is 49.0 Å². The van der Waals surface area contributed by atoms with Crippen molar-refractivity contribution in [1.82, 2.24) is 9.78 Å². The third-order valence-corrected chi connectivity index (χ3v) is 3.60. The molecular weight excluding hydrogens is 262 g/mol. The van der Waals surface area contributed by atoms with Gasteiger partial charge >= 0.3 is 0 Å². The summed E-state index contributed by atoms with van der Waals surface area (Å²) in [5, 5.41) is 4.54. The molecule has 4 heteroatoms. The van der Waals surface area contributed by atoms with Gasteiger partial charge in [-0.05, 0) is 31.4 Å². The Morgan fingerprint density at radius 2 is 1.95 bits per heavy atom. The van der Waals surface area contributed by atoms with Crippen molar-refractivity contribution in [2.24, 2.45) is 5.92 Å². The van der Waals surface area contributed by atoms with E-state index >= 15 is 0 Å². The molecular formula is C17H23N3O. The summed E-state index contributed by atoms with van der Waals surface area (Å²) in [7, 11) is 2.02. The van der Waals surface area contributed by atoms with Crippen molar-refractivity contribution in [3.05, 3.63) is 41.6 Å². The lowest BCUT2D eigenvalue weighted by Crippen LogP contribution is -2.23. The molecule has 0 bridgehead atoms. The Morgan fingerprint density at radius 3 is 2.52 bits per heavy atom. The number of hydrogen-bond acceptors (Lipinski definition) is 3. The van der Waals surface area contributed by atoms with E-state index in [1.165, 1.54) is 0 Å². The van der Waals surface area contributed by atoms with Gasteiger partial charge in [-0.25, -0.2) is 4.68 Å². The summed E-state index contributed by atoms with van der Waals surface area (Å²) in [6.45, 7) is 7.18. The molecule has 0 aliphatic heterocycles. The van der Waals surface area contributed by atoms with Gasteiger partial charge in [0.15, 0.2) is 6.29 Å². The number of para-hydroxylation sites is 1. The summed E-state index contributed by atoms with van der Waals surface area (Å²) >= 11 is 0. The number of hydrogen-bond donors (Lipinski definition) is 0. The molecule has 4 nitrogen and oxygen atoms in total. The van der Waals surface area contributed by atoms with Gasteiger partial charge in [0.25, 0.3) is 0 Å². The van der Waals surface area contributed by atoms with E-state index in [9.17, 15) is 4.79 Å². The van der Waals surface area contributed by atoms with Crippen molar-refractivity contribution >= 4 is 12.1 Å². The minimum absolute atomic E-state index is 0.626. The quantitative estimate of drug-likeness (QED) is 0.763. The van der Waals surface area contributed by atoms with Crippen LogP contribution in [0.25, 0.3) is 5.69 Å². The zero-order chi connectivity index (χ0) is 15.4. The lowest BCUT2D eigenvalue weighted by atomic mass is 10.1. The number of benzene rings is 1. The van der Waals surface area contributed by atoms with E-state index < -0.39 is 0 Å². The van der Waals surface area contributed by atoms with Crippen LogP contribution in [0.15, 0.2) is 30.3 Å². The van der Waals surface area contributed by atoms with E-state index in [-0.39, 0.29) is 0 Å². The average molecular weight is 285 g/mol. The second kappa shape index (κ2) is 6.57. The Balaban J connectivity index is 2.44. The van der Waals surface area contributed by atoms with Gasteiger partial charge in [0.2, 0.25) is 0 Å². The number of aromatic nitrogens is 2. The molecule has 112 valence electrons. The number of rotatable bonds is 6. The lowest BCUT2D eigenvalue weighted by molar-refractivity contribution is 0.112. The molecule has 21 heavy (non-hydrogen) atoms. The van der Waals surface area contributed by atoms with E-state index in [2.05, 4.69) is 23.8 Å². The fourth-order valence-electron chi connectivity index (χ4n) is 2.34. The van der Waals surface area contributed by atoms with Crippen LogP contribution in [-0.2, 0) is 0 Å². The number of carbonyl (C=O) groups is 1. The highest BCUT2D eigenvalue weighted by Crippen LogP contribution is 2.25. The van der Waals surface area contributed by atoms with Crippen molar-refractivity contribution in [3.8, 4) is 5.69 Å². The molecule has 0 radical (unpaired) electrons. The van der Waals surface area contributed by atoms with Crippen LogP contribution >= 0.6 is 0 Å². The SMILES string of the molecule is Cc1nn(-c2ccccc2)c(N(C)CCC(C)C)c1C=O. The Hall–Kier alpha value is -2.10. The van der Waals surface area contributed by atoms with Gasteiger partial charge < -0.3 is 4.90 Å². The van der Waals surface area contributed by atoms with Crippen LogP contribution in [0.1, 0.15) is 36.3 Å². The first-order valence-electron chi connectivity index (χ1n) is 7.36. The standard InChI is InChI=1S/C17H23N3O/c1-13(2)10-11-19(4)17-16(12-21)14(3)18-20(17)15-8-6-5-7-9-15/h5-9,12-13H,10-11H2,1-4H3. The fourth-order valence-corrected chi connectivity index (χ4v) is 2.34. The summed E-state index contributed by atoms with van der Waals surface area (Å²) < 4.78 is 1.86. The average Bonchev–Trinajstić information content (AvgIpc) is 2.82. The fraction of sp³-hybridized carbons (Fsp3) is 0.412. The molecule has 1 heterocycles. The third-order valence-electron chi connectivity index (χ3n) is 3.60. The number of nitrogens with zero attached hydrogens (tertiary/aromatic N) is 3. The number of aldehydes is 1. The van der Waals surface area contributed by atoms with Gasteiger partial charge in [-0.2, -0.15) is 5.10 Å². The topological polar surface area (TPSA) is 38.1 Å². The maximum absolute atomic E-state index is 11.5. The monoisotopic (exact) mass is 285 g/mol. The molecule has 0 unspecified atom stereocenters. The zero-order valence-electron chi connectivity index (χ0n) is 13.2. The van der Waals surface area contributed by atoms with Crippen molar-refractivity contribution < 1.29 is 4.79 Å². The van der Waals surface area contributed by atoms with E-state index in [1.54, 1.807) is 0 Å². The van der Waals surface area contributed by atoms with Gasteiger partial charge in [-0.1, -0.05) is 32.0 Å². The normalized spacial score (nSPS) is 10.9. The number of aryl methyl sites for hydroxylation is 1. The maximum Gasteiger partial charge on any atom is 0.155 e. The van der Waals surface area contributed by atoms with Crippen LogP contribution in [0.3, 0.4) is 0 Å². The molecule has 0 saturated heterocycles. The van der Waals surface area contributed by atoms with E-state index in [4.69, 9.17) is 0 Å². The van der Waals surface area contributed by atoms with Crippen molar-refractivity contribution in [2.75, 3.05) is 18.5 Å². The zero-order valence-corrected chi connectivity index (χ0v) is 13.2. The van der Waals surface area contributed by atoms with Crippen LogP contribution in [0.5, 0.6) is 0 Å². The van der Waals surface area contributed by atoms with Gasteiger partial charge in [0, 0.05) is 13.6 Å². The molecule has 0 amide bonds. The summed E-state index contributed by atoms with van der Waals surface area (Å²) in [5.41, 5.74) is 2.41. The summed E-state index contributed by atoms with van der Waals surface area (Å²) in [4.78, 5) is 13.6. The Labute approximate surface area is 126 Å². The lowest BCUT2D eigenvalue weighted by Gasteiger charge is -2.22. The highest BCUT2D eigenvalue weighted by atomic mass is 16.1. The predicted molar refractivity (Wildman–Crippen MR) is 86.4 cm³/mol. The highest BCUT2D eigenvalue weighted by molar-refractivity contribution is 5.85. The van der Waals surface area contributed by atoms with Crippen molar-refractivity contribution in [3.63, 3.8) is 0 Å². The smallest absolute Gasteiger partial charge is 0.155 e. The van der Waals surface area contributed by atoms with Crippen LogP contribution in [0.4, 0.5) is 5.82 Å². The van der Waals surface area contributed by atoms with Crippen LogP contribution in [0.2, 0.25) is 0 Å². The molecule has 0 spiro atoms. The second-order valence-corrected chi connectivity index (χ2v) is 5.79. The Kier molecular flexibility index (Phi) is 4.78. The van der Waals surface area contributed by atoms with Gasteiger partial charge in [0.05, 0.1) is 16.9 Å². The summed E-state index contributed by atoms with van der Waals surface area (Å²) in [6.07, 6.45) is 1.98. The molecule has 0 aliphatic carbocycles. The Morgan fingerprint density at radius 1 is 1.29 bits per heavy atom. The number of carbonyl (C=O) groups excluding carboxylic acids is 1. The third kappa shape index (κ3) is 3.32. The molecule has 0 fully saturated rings. The minimum Gasteiger partial charge on any atom is -0.359 e. The Bertz CT molecular complexity index is 602. The molecule has 2 aromatic rings. The predicted octanol–water partition coefficient (Wildman–Crippen LogP) is 3.48. The van der Waals surface area contributed by atoms with Gasteiger partial charge in [-0.15, -0.1) is 0 Å². The molecule has 0 aliphatic rings. The summed E-state index contributed by atoms with van der Waals surface area (Å²) in [5.74, 6) is 1.50. The molecule has 0 saturated carbocycles. The first kappa shape index (κ1) is 15.3. The van der Waals surface area contributed by atoms with Gasteiger partial charge in [0.1, 0.15) is 5.82 Å². The van der Waals surface area contributed by atoms with Crippen LogP contribution < -0.4 is 4.90 Å². The summed E-state index contributed by atoms with van der Waals surface area (Å²) in [6, 6.07) is 9.93. The van der Waals surface area contributed by atoms with E-state index in [0.717, 1.165) is 36.5 Å². The molecule has 2 rings (SSSR count). The molecule has 0 N–H and O–H groups in total. The molecule has 1 aromatic carbocycles. The van der Waals surface area contributed by atoms with E-state index in [0.29, 0.717) is 11.5 Å². The van der Waals surface area contributed by atoms with Crippen LogP contribution in [-0.4, -0.2) is 29.7 Å². The second-order valence-electron chi connectivity index (χ2n) is 5.79. The first-order chi connectivity index (χ1) is 10.0. The largest absolute Gasteiger partial charge is 0.359 e. The first-order valence-corrected chi connectivity index (χ1v) is 7.36. The minimum atomic E-state index is 0.626. The van der Waals surface area contributed by atoms with Crippen LogP contribution in [0, 0.1) is 12.8 Å². The molecule has 1 aromatic heterocycles. The highest BCUT2D eigenvalue weighted by Gasteiger charge is 2.19. The maximum atomic E-state index is 11.5. The number of anilines is 1. The van der Waals surface area contributed by atoms with Crippen molar-refractivity contribution in [1.29, 1.82) is 0 Å². The van der Waals surface area contributed by atoms with Gasteiger partial charge in [-0.3, -0.25) is 4.79 Å². The van der Waals surface area contributed by atoms with Crippen molar-refractivity contribution in [2.45, 2.75) is 27.2 Å². The molecule has 0 atom stereocenters.